The van der Waals surface area contributed by atoms with E-state index >= 15 is 0 Å². The zero-order valence-corrected chi connectivity index (χ0v) is 18.5. The molecular weight excluding hydrogens is 376 g/mol. The molecule has 1 aromatic carbocycles. The van der Waals surface area contributed by atoms with Gasteiger partial charge >= 0.3 is 0 Å². The summed E-state index contributed by atoms with van der Waals surface area (Å²) in [5, 5.41) is 6.78. The topological polar surface area (TPSA) is 63.2 Å². The average Bonchev–Trinajstić information content (AvgIpc) is 3.18. The minimum absolute atomic E-state index is 0.299. The molecule has 2 N–H and O–H groups in total. The molecule has 0 spiro atoms. The third kappa shape index (κ3) is 7.61. The molecule has 30 heavy (non-hydrogen) atoms. The van der Waals surface area contributed by atoms with E-state index in [0.29, 0.717) is 12.3 Å². The van der Waals surface area contributed by atoms with E-state index in [-0.39, 0.29) is 0 Å². The van der Waals surface area contributed by atoms with E-state index in [2.05, 4.69) is 62.7 Å². The summed E-state index contributed by atoms with van der Waals surface area (Å²) in [6, 6.07) is 10.7. The number of hydrogen-bond donors (Lipinski definition) is 2. The molecular formula is C23H38N6O. The summed E-state index contributed by atoms with van der Waals surface area (Å²) in [5.41, 5.74) is 1.40. The van der Waals surface area contributed by atoms with Gasteiger partial charge in [-0.05, 0) is 25.3 Å². The van der Waals surface area contributed by atoms with E-state index in [4.69, 9.17) is 0 Å². The third-order valence-electron chi connectivity index (χ3n) is 5.81. The fraction of sp³-hybridized carbons (Fsp3) is 0.652. The van der Waals surface area contributed by atoms with Gasteiger partial charge in [0, 0.05) is 78.4 Å². The smallest absolute Gasteiger partial charge is 0.222 e. The third-order valence-corrected chi connectivity index (χ3v) is 5.81. The van der Waals surface area contributed by atoms with Crippen molar-refractivity contribution in [2.45, 2.75) is 32.7 Å². The fourth-order valence-electron chi connectivity index (χ4n) is 4.08. The SMILES string of the molecule is CCNC(=NCCCN1CCCC1=O)NCCN1CCN(Cc2ccccc2)CC1. The predicted octanol–water partition coefficient (Wildman–Crippen LogP) is 1.37. The van der Waals surface area contributed by atoms with Crippen LogP contribution >= 0.6 is 0 Å². The quantitative estimate of drug-likeness (QED) is 0.344. The first-order valence-corrected chi connectivity index (χ1v) is 11.5. The van der Waals surface area contributed by atoms with Gasteiger partial charge in [-0.2, -0.15) is 0 Å². The highest BCUT2D eigenvalue weighted by Gasteiger charge is 2.19. The zero-order chi connectivity index (χ0) is 21.0. The Hall–Kier alpha value is -2.12. The lowest BCUT2D eigenvalue weighted by Gasteiger charge is -2.34. The molecule has 0 aromatic heterocycles. The Balaban J connectivity index is 1.30. The molecule has 2 aliphatic heterocycles. The van der Waals surface area contributed by atoms with Crippen molar-refractivity contribution in [3.63, 3.8) is 0 Å². The first kappa shape index (κ1) is 22.6. The maximum atomic E-state index is 11.7. The molecule has 166 valence electrons. The van der Waals surface area contributed by atoms with E-state index in [1.54, 1.807) is 0 Å². The Bertz CT molecular complexity index is 657. The lowest BCUT2D eigenvalue weighted by Crippen LogP contribution is -2.49. The Morgan fingerprint density at radius 1 is 1.00 bits per heavy atom. The molecule has 2 aliphatic rings. The molecule has 0 aliphatic carbocycles. The maximum Gasteiger partial charge on any atom is 0.222 e. The Labute approximate surface area is 181 Å². The Kier molecular flexibility index (Phi) is 9.44. The Morgan fingerprint density at radius 3 is 2.47 bits per heavy atom. The molecule has 0 atom stereocenters. The van der Waals surface area contributed by atoms with Gasteiger partial charge in [-0.15, -0.1) is 0 Å². The second kappa shape index (κ2) is 12.5. The highest BCUT2D eigenvalue weighted by atomic mass is 16.2. The van der Waals surface area contributed by atoms with E-state index in [0.717, 1.165) is 90.8 Å². The number of rotatable bonds is 10. The summed E-state index contributed by atoms with van der Waals surface area (Å²) in [5.74, 6) is 1.18. The second-order valence-corrected chi connectivity index (χ2v) is 8.13. The number of hydrogen-bond acceptors (Lipinski definition) is 4. The summed E-state index contributed by atoms with van der Waals surface area (Å²) >= 11 is 0. The van der Waals surface area contributed by atoms with Crippen molar-refractivity contribution in [3.8, 4) is 0 Å². The van der Waals surface area contributed by atoms with Gasteiger partial charge in [0.1, 0.15) is 0 Å². The monoisotopic (exact) mass is 414 g/mol. The minimum Gasteiger partial charge on any atom is -0.357 e. The van der Waals surface area contributed by atoms with E-state index in [9.17, 15) is 4.79 Å². The number of guanidine groups is 1. The van der Waals surface area contributed by atoms with E-state index in [1.807, 2.05) is 4.90 Å². The molecule has 7 heteroatoms. The van der Waals surface area contributed by atoms with Crippen molar-refractivity contribution in [2.24, 2.45) is 4.99 Å². The standard InChI is InChI=1S/C23H38N6O/c1-2-24-23(25-11-7-14-29-13-6-10-22(29)30)26-12-15-27-16-18-28(19-17-27)20-21-8-4-3-5-9-21/h3-5,8-9H,2,6-7,10-20H2,1H3,(H2,24,25,26). The number of aliphatic imine (C=N–C) groups is 1. The summed E-state index contributed by atoms with van der Waals surface area (Å²) in [6.07, 6.45) is 2.65. The number of carbonyl (C=O) groups excluding carboxylic acids is 1. The number of amides is 1. The van der Waals surface area contributed by atoms with Crippen LogP contribution in [-0.4, -0.2) is 92.0 Å². The molecule has 1 aromatic rings. The van der Waals surface area contributed by atoms with Crippen LogP contribution in [0, 0.1) is 0 Å². The predicted molar refractivity (Wildman–Crippen MR) is 123 cm³/mol. The molecule has 2 fully saturated rings. The molecule has 1 amide bonds. The summed E-state index contributed by atoms with van der Waals surface area (Å²) in [6.45, 7) is 12.9. The summed E-state index contributed by atoms with van der Waals surface area (Å²) in [4.78, 5) is 23.4. The first-order chi connectivity index (χ1) is 14.7. The van der Waals surface area contributed by atoms with Crippen LogP contribution in [0.15, 0.2) is 35.3 Å². The van der Waals surface area contributed by atoms with Crippen molar-refractivity contribution in [1.82, 2.24) is 25.3 Å². The molecule has 2 heterocycles. The molecule has 0 saturated carbocycles. The highest BCUT2D eigenvalue weighted by molar-refractivity contribution is 5.79. The average molecular weight is 415 g/mol. The summed E-state index contributed by atoms with van der Waals surface area (Å²) in [7, 11) is 0. The fourth-order valence-corrected chi connectivity index (χ4v) is 4.08. The van der Waals surface area contributed by atoms with Gasteiger partial charge in [0.2, 0.25) is 5.91 Å². The highest BCUT2D eigenvalue weighted by Crippen LogP contribution is 2.10. The van der Waals surface area contributed by atoms with Crippen LogP contribution in [-0.2, 0) is 11.3 Å². The van der Waals surface area contributed by atoms with Crippen molar-refractivity contribution in [3.05, 3.63) is 35.9 Å². The van der Waals surface area contributed by atoms with Crippen molar-refractivity contribution in [2.75, 3.05) is 65.4 Å². The van der Waals surface area contributed by atoms with Gasteiger partial charge in [0.25, 0.3) is 0 Å². The first-order valence-electron chi connectivity index (χ1n) is 11.5. The van der Waals surface area contributed by atoms with Crippen molar-refractivity contribution >= 4 is 11.9 Å². The maximum absolute atomic E-state index is 11.7. The lowest BCUT2D eigenvalue weighted by molar-refractivity contribution is -0.127. The lowest BCUT2D eigenvalue weighted by atomic mass is 10.2. The number of benzene rings is 1. The van der Waals surface area contributed by atoms with Gasteiger partial charge in [0.05, 0.1) is 0 Å². The summed E-state index contributed by atoms with van der Waals surface area (Å²) < 4.78 is 0. The van der Waals surface area contributed by atoms with Crippen LogP contribution in [0.25, 0.3) is 0 Å². The van der Waals surface area contributed by atoms with Gasteiger partial charge < -0.3 is 15.5 Å². The number of likely N-dealkylation sites (tertiary alicyclic amines) is 1. The number of nitrogens with one attached hydrogen (secondary N) is 2. The van der Waals surface area contributed by atoms with E-state index in [1.165, 1.54) is 5.56 Å². The van der Waals surface area contributed by atoms with Crippen LogP contribution < -0.4 is 10.6 Å². The van der Waals surface area contributed by atoms with Gasteiger partial charge in [0.15, 0.2) is 5.96 Å². The molecule has 0 radical (unpaired) electrons. The Morgan fingerprint density at radius 2 is 1.77 bits per heavy atom. The number of nitrogens with zero attached hydrogens (tertiary/aromatic N) is 4. The number of piperazine rings is 1. The van der Waals surface area contributed by atoms with E-state index < -0.39 is 0 Å². The second-order valence-electron chi connectivity index (χ2n) is 8.13. The molecule has 2 saturated heterocycles. The zero-order valence-electron chi connectivity index (χ0n) is 18.5. The van der Waals surface area contributed by atoms with Gasteiger partial charge in [-0.25, -0.2) is 0 Å². The van der Waals surface area contributed by atoms with Gasteiger partial charge in [-0.3, -0.25) is 19.6 Å². The van der Waals surface area contributed by atoms with Crippen LogP contribution in [0.2, 0.25) is 0 Å². The number of carbonyl (C=O) groups is 1. The molecule has 3 rings (SSSR count). The van der Waals surface area contributed by atoms with Crippen LogP contribution in [0.4, 0.5) is 0 Å². The van der Waals surface area contributed by atoms with Crippen LogP contribution in [0.1, 0.15) is 31.7 Å². The normalized spacial score (nSPS) is 18.8. The minimum atomic E-state index is 0.299. The van der Waals surface area contributed by atoms with Crippen LogP contribution in [0.3, 0.4) is 0 Å². The molecule has 0 unspecified atom stereocenters. The van der Waals surface area contributed by atoms with Crippen LogP contribution in [0.5, 0.6) is 0 Å². The van der Waals surface area contributed by atoms with Crippen molar-refractivity contribution in [1.29, 1.82) is 0 Å². The van der Waals surface area contributed by atoms with Gasteiger partial charge in [-0.1, -0.05) is 30.3 Å². The molecule has 0 bridgehead atoms. The van der Waals surface area contributed by atoms with Crippen molar-refractivity contribution < 1.29 is 4.79 Å². The largest absolute Gasteiger partial charge is 0.357 e. The molecule has 7 nitrogen and oxygen atoms in total.